The molecule has 0 aliphatic heterocycles. The number of hydrogen-bond acceptors (Lipinski definition) is 5. The molecule has 92 valence electrons. The lowest BCUT2D eigenvalue weighted by Crippen LogP contribution is -2.15. The van der Waals surface area contributed by atoms with Gasteiger partial charge in [-0.25, -0.2) is 0 Å². The average molecular weight is 244 g/mol. The lowest BCUT2D eigenvalue weighted by Gasteiger charge is -2.12. The third kappa shape index (κ3) is 3.79. The predicted octanol–water partition coefficient (Wildman–Crippen LogP) is 2.37. The SMILES string of the molecule is CC(O)C(C)SCc1nnc(C(C)(C)C)o1. The standard InChI is InChI=1S/C11H20N2O2S/c1-7(14)8(2)16-6-9-12-13-10(15-9)11(3,4)5/h7-8,14H,6H2,1-5H3. The van der Waals surface area contributed by atoms with Crippen LogP contribution in [0.25, 0.3) is 0 Å². The van der Waals surface area contributed by atoms with Crippen molar-refractivity contribution in [3.8, 4) is 0 Å². The Morgan fingerprint density at radius 1 is 1.31 bits per heavy atom. The zero-order chi connectivity index (χ0) is 12.3. The summed E-state index contributed by atoms with van der Waals surface area (Å²) in [7, 11) is 0. The van der Waals surface area contributed by atoms with Crippen LogP contribution in [0, 0.1) is 0 Å². The van der Waals surface area contributed by atoms with Crippen LogP contribution in [0.5, 0.6) is 0 Å². The highest BCUT2D eigenvalue weighted by Gasteiger charge is 2.21. The van der Waals surface area contributed by atoms with E-state index in [0.717, 1.165) is 0 Å². The van der Waals surface area contributed by atoms with Gasteiger partial charge in [0.05, 0.1) is 11.9 Å². The number of nitrogens with zero attached hydrogens (tertiary/aromatic N) is 2. The molecule has 1 aromatic heterocycles. The monoisotopic (exact) mass is 244 g/mol. The fraction of sp³-hybridized carbons (Fsp3) is 0.818. The molecule has 0 saturated heterocycles. The first-order valence-corrected chi connectivity index (χ1v) is 6.48. The van der Waals surface area contributed by atoms with Crippen molar-refractivity contribution < 1.29 is 9.52 Å². The minimum Gasteiger partial charge on any atom is -0.424 e. The summed E-state index contributed by atoms with van der Waals surface area (Å²) in [6.45, 7) is 9.88. The van der Waals surface area contributed by atoms with Crippen LogP contribution in [0.4, 0.5) is 0 Å². The summed E-state index contributed by atoms with van der Waals surface area (Å²) in [5.74, 6) is 1.94. The van der Waals surface area contributed by atoms with Gasteiger partial charge in [0.25, 0.3) is 0 Å². The number of hydrogen-bond donors (Lipinski definition) is 1. The molecule has 0 bridgehead atoms. The van der Waals surface area contributed by atoms with E-state index in [4.69, 9.17) is 4.42 Å². The molecule has 0 fully saturated rings. The second-order valence-electron chi connectivity index (χ2n) is 5.01. The molecule has 5 heteroatoms. The van der Waals surface area contributed by atoms with Crippen LogP contribution in [-0.4, -0.2) is 26.7 Å². The van der Waals surface area contributed by atoms with E-state index in [1.807, 2.05) is 27.7 Å². The number of aromatic nitrogens is 2. The van der Waals surface area contributed by atoms with Gasteiger partial charge in [-0.3, -0.25) is 0 Å². The van der Waals surface area contributed by atoms with Gasteiger partial charge in [0, 0.05) is 10.7 Å². The first kappa shape index (κ1) is 13.5. The summed E-state index contributed by atoms with van der Waals surface area (Å²) < 4.78 is 5.55. The van der Waals surface area contributed by atoms with E-state index in [1.54, 1.807) is 18.7 Å². The van der Waals surface area contributed by atoms with Crippen molar-refractivity contribution in [3.63, 3.8) is 0 Å². The molecule has 1 aromatic rings. The second-order valence-corrected chi connectivity index (χ2v) is 6.37. The molecule has 0 saturated carbocycles. The van der Waals surface area contributed by atoms with Gasteiger partial charge in [-0.1, -0.05) is 27.7 Å². The van der Waals surface area contributed by atoms with Gasteiger partial charge in [-0.2, -0.15) is 0 Å². The normalized spacial score (nSPS) is 16.1. The molecular formula is C11H20N2O2S. The highest BCUT2D eigenvalue weighted by molar-refractivity contribution is 7.99. The first-order chi connectivity index (χ1) is 7.30. The molecule has 4 nitrogen and oxygen atoms in total. The van der Waals surface area contributed by atoms with Gasteiger partial charge in [0.15, 0.2) is 0 Å². The lowest BCUT2D eigenvalue weighted by molar-refractivity contribution is 0.196. The molecule has 0 spiro atoms. The maximum atomic E-state index is 9.35. The van der Waals surface area contributed by atoms with Crippen molar-refractivity contribution >= 4 is 11.8 Å². The fourth-order valence-corrected chi connectivity index (χ4v) is 1.76. The zero-order valence-corrected chi connectivity index (χ0v) is 11.3. The van der Waals surface area contributed by atoms with Gasteiger partial charge in [-0.15, -0.1) is 22.0 Å². The van der Waals surface area contributed by atoms with Crippen LogP contribution >= 0.6 is 11.8 Å². The zero-order valence-electron chi connectivity index (χ0n) is 10.5. The summed E-state index contributed by atoms with van der Waals surface area (Å²) in [6.07, 6.45) is -0.324. The van der Waals surface area contributed by atoms with E-state index in [-0.39, 0.29) is 16.8 Å². The van der Waals surface area contributed by atoms with E-state index in [0.29, 0.717) is 17.5 Å². The van der Waals surface area contributed by atoms with Gasteiger partial charge in [-0.05, 0) is 6.92 Å². The van der Waals surface area contributed by atoms with Crippen molar-refractivity contribution in [2.45, 2.75) is 57.1 Å². The summed E-state index contributed by atoms with van der Waals surface area (Å²) >= 11 is 1.62. The van der Waals surface area contributed by atoms with Crippen molar-refractivity contribution in [2.24, 2.45) is 0 Å². The highest BCUT2D eigenvalue weighted by atomic mass is 32.2. The van der Waals surface area contributed by atoms with Crippen molar-refractivity contribution in [3.05, 3.63) is 11.8 Å². The largest absolute Gasteiger partial charge is 0.424 e. The summed E-state index contributed by atoms with van der Waals surface area (Å²) in [4.78, 5) is 0. The Kier molecular flexibility index (Phi) is 4.38. The van der Waals surface area contributed by atoms with Crippen LogP contribution in [0.2, 0.25) is 0 Å². The van der Waals surface area contributed by atoms with E-state index in [1.165, 1.54) is 0 Å². The molecule has 16 heavy (non-hydrogen) atoms. The molecule has 1 N–H and O–H groups in total. The summed E-state index contributed by atoms with van der Waals surface area (Å²) in [5.41, 5.74) is -0.105. The van der Waals surface area contributed by atoms with E-state index >= 15 is 0 Å². The first-order valence-electron chi connectivity index (χ1n) is 5.43. The van der Waals surface area contributed by atoms with E-state index in [2.05, 4.69) is 10.2 Å². The van der Waals surface area contributed by atoms with Crippen LogP contribution in [0.1, 0.15) is 46.4 Å². The van der Waals surface area contributed by atoms with Gasteiger partial charge in [0.2, 0.25) is 11.8 Å². The van der Waals surface area contributed by atoms with Crippen LogP contribution in [0.3, 0.4) is 0 Å². The quantitative estimate of drug-likeness (QED) is 0.881. The van der Waals surface area contributed by atoms with E-state index < -0.39 is 0 Å². The molecule has 0 radical (unpaired) electrons. The molecule has 1 heterocycles. The summed E-state index contributed by atoms with van der Waals surface area (Å²) in [6, 6.07) is 0. The highest BCUT2D eigenvalue weighted by Crippen LogP contribution is 2.23. The van der Waals surface area contributed by atoms with Crippen molar-refractivity contribution in [2.75, 3.05) is 0 Å². The maximum Gasteiger partial charge on any atom is 0.226 e. The Morgan fingerprint density at radius 3 is 2.38 bits per heavy atom. The van der Waals surface area contributed by atoms with Gasteiger partial charge < -0.3 is 9.52 Å². The molecule has 2 atom stereocenters. The van der Waals surface area contributed by atoms with Gasteiger partial charge >= 0.3 is 0 Å². The van der Waals surface area contributed by atoms with Crippen molar-refractivity contribution in [1.29, 1.82) is 0 Å². The maximum absolute atomic E-state index is 9.35. The third-order valence-electron chi connectivity index (χ3n) is 2.26. The minimum atomic E-state index is -0.324. The number of rotatable bonds is 4. The Bertz CT molecular complexity index is 331. The lowest BCUT2D eigenvalue weighted by atomic mass is 9.97. The third-order valence-corrected chi connectivity index (χ3v) is 3.59. The molecule has 0 amide bonds. The van der Waals surface area contributed by atoms with Crippen LogP contribution < -0.4 is 0 Å². The average Bonchev–Trinajstić information content (AvgIpc) is 2.61. The number of thioether (sulfide) groups is 1. The summed E-state index contributed by atoms with van der Waals surface area (Å²) in [5, 5.41) is 17.5. The Morgan fingerprint density at radius 2 is 1.94 bits per heavy atom. The molecule has 0 aromatic carbocycles. The number of aliphatic hydroxyl groups is 1. The molecule has 0 aliphatic rings. The topological polar surface area (TPSA) is 59.2 Å². The fourth-order valence-electron chi connectivity index (χ4n) is 0.957. The van der Waals surface area contributed by atoms with Crippen LogP contribution in [0.15, 0.2) is 4.42 Å². The minimum absolute atomic E-state index is 0.105. The Balaban J connectivity index is 2.53. The van der Waals surface area contributed by atoms with Gasteiger partial charge in [0.1, 0.15) is 0 Å². The second kappa shape index (κ2) is 5.19. The predicted molar refractivity (Wildman–Crippen MR) is 65.4 cm³/mol. The van der Waals surface area contributed by atoms with E-state index in [9.17, 15) is 5.11 Å². The smallest absolute Gasteiger partial charge is 0.226 e. The molecule has 2 unspecified atom stereocenters. The molecule has 1 rings (SSSR count). The Hall–Kier alpha value is -0.550. The molecule has 0 aliphatic carbocycles. The Labute approximate surface area is 101 Å². The van der Waals surface area contributed by atoms with Crippen molar-refractivity contribution in [1.82, 2.24) is 10.2 Å². The van der Waals surface area contributed by atoms with Crippen LogP contribution in [-0.2, 0) is 11.2 Å². The number of aliphatic hydroxyl groups excluding tert-OH is 1. The molecular weight excluding hydrogens is 224 g/mol.